The molecule has 0 unspecified atom stereocenters. The van der Waals surface area contributed by atoms with E-state index in [0.717, 1.165) is 36.8 Å². The fraction of sp³-hybridized carbons (Fsp3) is 0.545. The average molecular weight is 383 g/mol. The first-order valence-corrected chi connectivity index (χ1v) is 10.3. The summed E-state index contributed by atoms with van der Waals surface area (Å²) in [5.74, 6) is 0.217. The summed E-state index contributed by atoms with van der Waals surface area (Å²) in [6.45, 7) is 1.41. The number of piperidine rings is 1. The molecule has 28 heavy (non-hydrogen) atoms. The number of ether oxygens (including phenoxy) is 1. The third kappa shape index (κ3) is 4.45. The number of H-pyrrole nitrogens is 1. The number of amides is 1. The lowest BCUT2D eigenvalue weighted by Gasteiger charge is -2.48. The van der Waals surface area contributed by atoms with Gasteiger partial charge < -0.3 is 14.7 Å². The van der Waals surface area contributed by atoms with Crippen LogP contribution in [0.1, 0.15) is 55.8 Å². The van der Waals surface area contributed by atoms with Crippen LogP contribution in [0.2, 0.25) is 0 Å². The molecule has 2 fully saturated rings. The summed E-state index contributed by atoms with van der Waals surface area (Å²) >= 11 is 0. The zero-order valence-electron chi connectivity index (χ0n) is 16.2. The third-order valence-corrected chi connectivity index (χ3v) is 6.10. The number of nitrogens with one attached hydrogen (secondary N) is 1. The number of aromatic nitrogens is 2. The number of aliphatic hydroxyl groups excluding tert-OH is 1. The monoisotopic (exact) mass is 383 g/mol. The van der Waals surface area contributed by atoms with Crippen molar-refractivity contribution in [2.75, 3.05) is 13.1 Å². The molecule has 0 aliphatic carbocycles. The lowest BCUT2D eigenvalue weighted by atomic mass is 9.81. The number of hydrogen-bond acceptors (Lipinski definition) is 4. The van der Waals surface area contributed by atoms with E-state index in [1.807, 2.05) is 35.5 Å². The molecule has 0 radical (unpaired) electrons. The van der Waals surface area contributed by atoms with Crippen LogP contribution in [0.25, 0.3) is 0 Å². The SMILES string of the molecule is O=C(CCCc1cn[nH]c1)N1CCC2(CC1)C[C@H](O)C[C@H](c1ccccc1)O2. The van der Waals surface area contributed by atoms with Gasteiger partial charge in [0.15, 0.2) is 0 Å². The molecule has 3 heterocycles. The molecular formula is C22H29N3O3. The van der Waals surface area contributed by atoms with E-state index in [9.17, 15) is 9.90 Å². The summed E-state index contributed by atoms with van der Waals surface area (Å²) in [5, 5.41) is 17.2. The van der Waals surface area contributed by atoms with E-state index in [4.69, 9.17) is 4.74 Å². The van der Waals surface area contributed by atoms with Crippen LogP contribution in [0.15, 0.2) is 42.7 Å². The second-order valence-corrected chi connectivity index (χ2v) is 8.13. The van der Waals surface area contributed by atoms with E-state index in [1.165, 1.54) is 0 Å². The van der Waals surface area contributed by atoms with Gasteiger partial charge in [0.1, 0.15) is 0 Å². The molecule has 6 nitrogen and oxygen atoms in total. The van der Waals surface area contributed by atoms with Crippen molar-refractivity contribution in [2.45, 2.75) is 62.8 Å². The number of carbonyl (C=O) groups is 1. The molecule has 2 aliphatic rings. The number of carbonyl (C=O) groups excluding carboxylic acids is 1. The molecule has 0 bridgehead atoms. The molecule has 1 aromatic heterocycles. The van der Waals surface area contributed by atoms with E-state index < -0.39 is 0 Å². The van der Waals surface area contributed by atoms with E-state index in [1.54, 1.807) is 0 Å². The van der Waals surface area contributed by atoms with Crippen LogP contribution in [0.3, 0.4) is 0 Å². The molecule has 150 valence electrons. The van der Waals surface area contributed by atoms with Crippen LogP contribution in [0.4, 0.5) is 0 Å². The Bertz CT molecular complexity index is 755. The van der Waals surface area contributed by atoms with Gasteiger partial charge in [0.25, 0.3) is 0 Å². The van der Waals surface area contributed by atoms with E-state index >= 15 is 0 Å². The van der Waals surface area contributed by atoms with Crippen molar-refractivity contribution in [1.29, 1.82) is 0 Å². The fourth-order valence-electron chi connectivity index (χ4n) is 4.53. The molecule has 0 saturated carbocycles. The summed E-state index contributed by atoms with van der Waals surface area (Å²) in [4.78, 5) is 14.5. The minimum atomic E-state index is -0.351. The van der Waals surface area contributed by atoms with Crippen LogP contribution in [0, 0.1) is 0 Å². The molecule has 1 aromatic carbocycles. The molecule has 6 heteroatoms. The topological polar surface area (TPSA) is 78.5 Å². The Morgan fingerprint density at radius 3 is 2.79 bits per heavy atom. The maximum absolute atomic E-state index is 12.6. The van der Waals surface area contributed by atoms with Crippen molar-refractivity contribution in [3.8, 4) is 0 Å². The minimum Gasteiger partial charge on any atom is -0.393 e. The number of hydrogen-bond donors (Lipinski definition) is 2. The first-order chi connectivity index (χ1) is 13.6. The normalized spacial score (nSPS) is 24.4. The second kappa shape index (κ2) is 8.45. The fourth-order valence-corrected chi connectivity index (χ4v) is 4.53. The zero-order chi connectivity index (χ0) is 19.4. The number of likely N-dealkylation sites (tertiary alicyclic amines) is 1. The van der Waals surface area contributed by atoms with Crippen molar-refractivity contribution < 1.29 is 14.6 Å². The van der Waals surface area contributed by atoms with Gasteiger partial charge in [-0.1, -0.05) is 30.3 Å². The number of nitrogens with zero attached hydrogens (tertiary/aromatic N) is 2. The predicted molar refractivity (Wildman–Crippen MR) is 106 cm³/mol. The van der Waals surface area contributed by atoms with Crippen LogP contribution in [-0.4, -0.2) is 50.9 Å². The third-order valence-electron chi connectivity index (χ3n) is 6.10. The van der Waals surface area contributed by atoms with Gasteiger partial charge in [-0.15, -0.1) is 0 Å². The Balaban J connectivity index is 1.30. The number of rotatable bonds is 5. The summed E-state index contributed by atoms with van der Waals surface area (Å²) in [6, 6.07) is 10.1. The Labute approximate surface area is 165 Å². The Kier molecular flexibility index (Phi) is 5.78. The maximum Gasteiger partial charge on any atom is 0.222 e. The maximum atomic E-state index is 12.6. The van der Waals surface area contributed by atoms with Gasteiger partial charge in [-0.25, -0.2) is 0 Å². The quantitative estimate of drug-likeness (QED) is 0.832. The van der Waals surface area contributed by atoms with Gasteiger partial charge >= 0.3 is 0 Å². The van der Waals surface area contributed by atoms with Gasteiger partial charge in [-0.3, -0.25) is 9.89 Å². The van der Waals surface area contributed by atoms with Crippen LogP contribution >= 0.6 is 0 Å². The van der Waals surface area contributed by atoms with Crippen LogP contribution in [-0.2, 0) is 16.0 Å². The Morgan fingerprint density at radius 1 is 1.29 bits per heavy atom. The van der Waals surface area contributed by atoms with Crippen molar-refractivity contribution in [2.24, 2.45) is 0 Å². The van der Waals surface area contributed by atoms with Gasteiger partial charge in [0.05, 0.1) is 24.0 Å². The van der Waals surface area contributed by atoms with E-state index in [-0.39, 0.29) is 23.7 Å². The highest BCUT2D eigenvalue weighted by Gasteiger charge is 2.44. The Hall–Kier alpha value is -2.18. The zero-order valence-corrected chi connectivity index (χ0v) is 16.2. The summed E-state index contributed by atoms with van der Waals surface area (Å²) in [7, 11) is 0. The molecule has 2 saturated heterocycles. The first kappa shape index (κ1) is 19.2. The smallest absolute Gasteiger partial charge is 0.222 e. The number of benzene rings is 1. The second-order valence-electron chi connectivity index (χ2n) is 8.13. The molecule has 1 spiro atoms. The number of aliphatic hydroxyl groups is 1. The van der Waals surface area contributed by atoms with Gasteiger partial charge in [0, 0.05) is 38.5 Å². The van der Waals surface area contributed by atoms with Crippen LogP contribution < -0.4 is 0 Å². The highest BCUT2D eigenvalue weighted by atomic mass is 16.5. The van der Waals surface area contributed by atoms with Gasteiger partial charge in [0.2, 0.25) is 5.91 Å². The standard InChI is InChI=1S/C22H29N3O3/c26-19-13-20(18-6-2-1-3-7-18)28-22(14-19)9-11-25(12-10-22)21(27)8-4-5-17-15-23-24-16-17/h1-3,6-7,15-16,19-20,26H,4-5,8-14H2,(H,23,24)/t19-,20-/m1/s1. The molecule has 2 aromatic rings. The van der Waals surface area contributed by atoms with Crippen molar-refractivity contribution in [3.63, 3.8) is 0 Å². The Morgan fingerprint density at radius 2 is 2.07 bits per heavy atom. The highest BCUT2D eigenvalue weighted by molar-refractivity contribution is 5.76. The van der Waals surface area contributed by atoms with Gasteiger partial charge in [-0.05, 0) is 36.8 Å². The lowest BCUT2D eigenvalue weighted by Crippen LogP contribution is -2.52. The molecule has 2 aliphatic heterocycles. The molecule has 2 atom stereocenters. The highest BCUT2D eigenvalue weighted by Crippen LogP contribution is 2.43. The van der Waals surface area contributed by atoms with E-state index in [2.05, 4.69) is 22.3 Å². The number of aryl methyl sites for hydroxylation is 1. The first-order valence-electron chi connectivity index (χ1n) is 10.3. The summed E-state index contributed by atoms with van der Waals surface area (Å²) in [6.07, 6.45) is 8.43. The lowest BCUT2D eigenvalue weighted by molar-refractivity contribution is -0.185. The molecular weight excluding hydrogens is 354 g/mol. The van der Waals surface area contributed by atoms with Crippen LogP contribution in [0.5, 0.6) is 0 Å². The average Bonchev–Trinajstić information content (AvgIpc) is 3.22. The molecule has 4 rings (SSSR count). The van der Waals surface area contributed by atoms with Crippen molar-refractivity contribution in [1.82, 2.24) is 15.1 Å². The largest absolute Gasteiger partial charge is 0.393 e. The molecule has 2 N–H and O–H groups in total. The number of aromatic amines is 1. The summed E-state index contributed by atoms with van der Waals surface area (Å²) in [5.41, 5.74) is 1.95. The summed E-state index contributed by atoms with van der Waals surface area (Å²) < 4.78 is 6.52. The molecule has 1 amide bonds. The van der Waals surface area contributed by atoms with Crippen molar-refractivity contribution in [3.05, 3.63) is 53.9 Å². The van der Waals surface area contributed by atoms with Gasteiger partial charge in [-0.2, -0.15) is 5.10 Å². The van der Waals surface area contributed by atoms with E-state index in [0.29, 0.717) is 32.4 Å². The van der Waals surface area contributed by atoms with Crippen molar-refractivity contribution >= 4 is 5.91 Å². The predicted octanol–water partition coefficient (Wildman–Crippen LogP) is 3.01. The minimum absolute atomic E-state index is 0.0674.